The minimum absolute atomic E-state index is 0.00362. The lowest BCUT2D eigenvalue weighted by Crippen LogP contribution is -2.24. The highest BCUT2D eigenvalue weighted by molar-refractivity contribution is 8.00. The molecule has 4 nitrogen and oxygen atoms in total. The summed E-state index contributed by atoms with van der Waals surface area (Å²) in [6, 6.07) is 18.5. The third kappa shape index (κ3) is 4.89. The van der Waals surface area contributed by atoms with Crippen molar-refractivity contribution in [2.75, 3.05) is 5.75 Å². The maximum Gasteiger partial charge on any atom is 0.230 e. The number of fused-ring (bicyclic) bond motifs is 1. The Morgan fingerprint density at radius 2 is 2.00 bits per heavy atom. The van der Waals surface area contributed by atoms with Crippen molar-refractivity contribution in [3.05, 3.63) is 76.0 Å². The molecule has 0 aliphatic carbocycles. The summed E-state index contributed by atoms with van der Waals surface area (Å²) >= 11 is 3.11. The Hall–Kier alpha value is -2.70. The highest BCUT2D eigenvalue weighted by Gasteiger charge is 2.13. The summed E-state index contributed by atoms with van der Waals surface area (Å²) in [6.45, 7) is 4.76. The summed E-state index contributed by atoms with van der Waals surface area (Å²) < 4.78 is 0. The van der Waals surface area contributed by atoms with Crippen LogP contribution in [0.3, 0.4) is 0 Å². The first-order chi connectivity index (χ1) is 14.6. The van der Waals surface area contributed by atoms with Crippen LogP contribution in [-0.2, 0) is 17.8 Å². The van der Waals surface area contributed by atoms with Gasteiger partial charge >= 0.3 is 0 Å². The number of carbonyl (C=O) groups excluding carboxylic acids is 1. The first kappa shape index (κ1) is 20.6. The number of thioether (sulfide) groups is 1. The van der Waals surface area contributed by atoms with Gasteiger partial charge in [0, 0.05) is 15.8 Å². The topological polar surface area (TPSA) is 54.9 Å². The minimum Gasteiger partial charge on any atom is -0.350 e. The number of thiophene rings is 1. The molecule has 1 N–H and O–H groups in total. The molecule has 0 fully saturated rings. The molecule has 6 heteroatoms. The van der Waals surface area contributed by atoms with Gasteiger partial charge in [-0.25, -0.2) is 9.97 Å². The van der Waals surface area contributed by atoms with E-state index in [0.717, 1.165) is 32.8 Å². The number of nitrogens with zero attached hydrogens (tertiary/aromatic N) is 2. The summed E-state index contributed by atoms with van der Waals surface area (Å²) in [4.78, 5) is 23.2. The van der Waals surface area contributed by atoms with Gasteiger partial charge < -0.3 is 5.32 Å². The maximum absolute atomic E-state index is 12.4. The van der Waals surface area contributed by atoms with Gasteiger partial charge in [0.1, 0.15) is 5.03 Å². The van der Waals surface area contributed by atoms with Gasteiger partial charge in [0.05, 0.1) is 17.8 Å². The molecule has 0 aliphatic heterocycles. The number of hydrogen-bond acceptors (Lipinski definition) is 5. The number of nitrogens with one attached hydrogen (secondary N) is 1. The van der Waals surface area contributed by atoms with E-state index in [0.29, 0.717) is 18.1 Å². The maximum atomic E-state index is 12.4. The van der Waals surface area contributed by atoms with E-state index >= 15 is 0 Å². The molecule has 2 heterocycles. The van der Waals surface area contributed by atoms with Crippen molar-refractivity contribution in [2.24, 2.45) is 0 Å². The largest absolute Gasteiger partial charge is 0.350 e. The number of aryl methyl sites for hydroxylation is 2. The fourth-order valence-electron chi connectivity index (χ4n) is 3.17. The van der Waals surface area contributed by atoms with Crippen LogP contribution >= 0.6 is 23.1 Å². The number of amides is 1. The first-order valence-corrected chi connectivity index (χ1v) is 11.8. The quantitative estimate of drug-likeness (QED) is 0.303. The summed E-state index contributed by atoms with van der Waals surface area (Å²) in [6.07, 6.45) is 0.945. The van der Waals surface area contributed by atoms with E-state index in [9.17, 15) is 4.79 Å². The minimum atomic E-state index is 0.00362. The predicted octanol–water partition coefficient (Wildman–Crippen LogP) is 5.64. The molecule has 0 atom stereocenters. The Morgan fingerprint density at radius 1 is 1.10 bits per heavy atom. The smallest absolute Gasteiger partial charge is 0.230 e. The zero-order valence-electron chi connectivity index (χ0n) is 17.0. The van der Waals surface area contributed by atoms with Crippen LogP contribution in [0, 0.1) is 6.92 Å². The van der Waals surface area contributed by atoms with Gasteiger partial charge in [-0.1, -0.05) is 54.6 Å². The van der Waals surface area contributed by atoms with Crippen LogP contribution in [-0.4, -0.2) is 21.6 Å². The highest BCUT2D eigenvalue weighted by Crippen LogP contribution is 2.29. The van der Waals surface area contributed by atoms with Crippen LogP contribution in [0.5, 0.6) is 0 Å². The summed E-state index contributed by atoms with van der Waals surface area (Å²) in [5.74, 6) is 1.02. The van der Waals surface area contributed by atoms with Gasteiger partial charge in [-0.2, -0.15) is 0 Å². The van der Waals surface area contributed by atoms with Crippen molar-refractivity contribution in [2.45, 2.75) is 31.8 Å². The van der Waals surface area contributed by atoms with Crippen LogP contribution in [0.1, 0.15) is 22.9 Å². The molecule has 1 amide bonds. The lowest BCUT2D eigenvalue weighted by molar-refractivity contribution is -0.118. The van der Waals surface area contributed by atoms with E-state index in [4.69, 9.17) is 9.97 Å². The van der Waals surface area contributed by atoms with Gasteiger partial charge in [-0.3, -0.25) is 4.79 Å². The van der Waals surface area contributed by atoms with Crippen molar-refractivity contribution < 1.29 is 4.79 Å². The van der Waals surface area contributed by atoms with Crippen LogP contribution in [0.15, 0.2) is 65.0 Å². The monoisotopic (exact) mass is 433 g/mol. The second-order valence-corrected chi connectivity index (χ2v) is 9.07. The van der Waals surface area contributed by atoms with Crippen molar-refractivity contribution in [1.29, 1.82) is 0 Å². The van der Waals surface area contributed by atoms with E-state index in [1.54, 1.807) is 11.3 Å². The van der Waals surface area contributed by atoms with E-state index in [-0.39, 0.29) is 5.91 Å². The SMILES string of the molecule is CCc1ccc2nc(-c3cccc(C)c3)nc(SCC(=O)NCc3cccs3)c2c1. The fourth-order valence-corrected chi connectivity index (χ4v) is 4.66. The highest BCUT2D eigenvalue weighted by atomic mass is 32.2. The molecule has 152 valence electrons. The van der Waals surface area contributed by atoms with Crippen LogP contribution in [0.25, 0.3) is 22.3 Å². The predicted molar refractivity (Wildman–Crippen MR) is 126 cm³/mol. The lowest BCUT2D eigenvalue weighted by atomic mass is 10.1. The molecular formula is C24H23N3OS2. The van der Waals surface area contributed by atoms with Gasteiger partial charge in [-0.05, 0) is 48.6 Å². The fraction of sp³-hybridized carbons (Fsp3) is 0.208. The summed E-state index contributed by atoms with van der Waals surface area (Å²) in [7, 11) is 0. The molecule has 0 unspecified atom stereocenters. The third-order valence-electron chi connectivity index (χ3n) is 4.79. The number of hydrogen-bond donors (Lipinski definition) is 1. The second kappa shape index (κ2) is 9.41. The summed E-state index contributed by atoms with van der Waals surface area (Å²) in [5.41, 5.74) is 4.29. The van der Waals surface area contributed by atoms with Crippen LogP contribution in [0.2, 0.25) is 0 Å². The molecule has 0 radical (unpaired) electrons. The molecule has 0 saturated carbocycles. The van der Waals surface area contributed by atoms with Crippen molar-refractivity contribution in [3.8, 4) is 11.4 Å². The molecule has 0 saturated heterocycles. The third-order valence-corrected chi connectivity index (χ3v) is 6.66. The number of carbonyl (C=O) groups is 1. The molecule has 0 bridgehead atoms. The molecule has 2 aromatic carbocycles. The van der Waals surface area contributed by atoms with Gasteiger partial charge in [0.15, 0.2) is 5.82 Å². The zero-order chi connectivity index (χ0) is 20.9. The number of aromatic nitrogens is 2. The average molecular weight is 434 g/mol. The number of rotatable bonds is 7. The molecule has 4 rings (SSSR count). The Morgan fingerprint density at radius 3 is 2.77 bits per heavy atom. The Balaban J connectivity index is 1.61. The van der Waals surface area contributed by atoms with Crippen LogP contribution in [0.4, 0.5) is 0 Å². The lowest BCUT2D eigenvalue weighted by Gasteiger charge is -2.10. The second-order valence-electron chi connectivity index (χ2n) is 7.07. The first-order valence-electron chi connectivity index (χ1n) is 9.92. The molecule has 2 aromatic heterocycles. The van der Waals surface area contributed by atoms with Crippen molar-refractivity contribution >= 4 is 39.9 Å². The van der Waals surface area contributed by atoms with Crippen molar-refractivity contribution in [3.63, 3.8) is 0 Å². The van der Waals surface area contributed by atoms with E-state index in [2.05, 4.69) is 49.5 Å². The molecule has 0 aliphatic rings. The van der Waals surface area contributed by atoms with E-state index in [1.807, 2.05) is 29.6 Å². The van der Waals surface area contributed by atoms with Crippen LogP contribution < -0.4 is 5.32 Å². The zero-order valence-corrected chi connectivity index (χ0v) is 18.6. The molecule has 4 aromatic rings. The van der Waals surface area contributed by atoms with Gasteiger partial charge in [-0.15, -0.1) is 11.3 Å². The van der Waals surface area contributed by atoms with Gasteiger partial charge in [0.25, 0.3) is 0 Å². The number of benzene rings is 2. The normalized spacial score (nSPS) is 11.0. The van der Waals surface area contributed by atoms with E-state index < -0.39 is 0 Å². The Bertz CT molecular complexity index is 1170. The Labute approximate surface area is 184 Å². The van der Waals surface area contributed by atoms with E-state index in [1.165, 1.54) is 22.9 Å². The molecule has 30 heavy (non-hydrogen) atoms. The Kier molecular flexibility index (Phi) is 6.45. The standard InChI is InChI=1S/C24H23N3OS2/c1-3-17-9-10-21-20(13-17)24(27-23(26-21)18-7-4-6-16(2)12-18)30-15-22(28)25-14-19-8-5-11-29-19/h4-13H,3,14-15H2,1-2H3,(H,25,28). The molecule has 0 spiro atoms. The van der Waals surface area contributed by atoms with Gasteiger partial charge in [0.2, 0.25) is 5.91 Å². The average Bonchev–Trinajstić information content (AvgIpc) is 3.29. The molecular weight excluding hydrogens is 410 g/mol. The summed E-state index contributed by atoms with van der Waals surface area (Å²) in [5, 5.41) is 6.85. The van der Waals surface area contributed by atoms with Crippen molar-refractivity contribution in [1.82, 2.24) is 15.3 Å².